The van der Waals surface area contributed by atoms with Gasteiger partial charge in [-0.1, -0.05) is 114 Å². The van der Waals surface area contributed by atoms with Gasteiger partial charge in [-0.2, -0.15) is 0 Å². The summed E-state index contributed by atoms with van der Waals surface area (Å²) in [5.74, 6) is -0.486. The molecule has 6 aromatic rings. The van der Waals surface area contributed by atoms with Crippen LogP contribution >= 0.6 is 11.3 Å². The van der Waals surface area contributed by atoms with E-state index in [0.29, 0.717) is 20.6 Å². The lowest BCUT2D eigenvalue weighted by atomic mass is 9.93. The molecule has 7 rings (SSSR count). The number of benzene rings is 4. The normalized spacial score (nSPS) is 14.5. The Balaban J connectivity index is 1.37. The summed E-state index contributed by atoms with van der Waals surface area (Å²) in [4.78, 5) is 33.5. The summed E-state index contributed by atoms with van der Waals surface area (Å²) in [5, 5.41) is 0. The highest BCUT2D eigenvalue weighted by Gasteiger charge is 2.35. The van der Waals surface area contributed by atoms with Crippen LogP contribution < -0.4 is 14.9 Å². The van der Waals surface area contributed by atoms with Crippen LogP contribution in [0.3, 0.4) is 0 Å². The van der Waals surface area contributed by atoms with Crippen LogP contribution in [0.1, 0.15) is 41.0 Å². The second-order valence-corrected chi connectivity index (χ2v) is 12.4. The minimum absolute atomic E-state index is 0.200. The van der Waals surface area contributed by atoms with Crippen LogP contribution in [0.5, 0.6) is 0 Å². The van der Waals surface area contributed by atoms with Crippen LogP contribution in [0.4, 0.5) is 0 Å². The molecule has 0 fully saturated rings. The van der Waals surface area contributed by atoms with Crippen molar-refractivity contribution in [3.63, 3.8) is 0 Å². The predicted octanol–water partition coefficient (Wildman–Crippen LogP) is 7.01. The molecule has 0 amide bonds. The Bertz CT molecular complexity index is 2300. The number of rotatable bonds is 7. The van der Waals surface area contributed by atoms with Gasteiger partial charge in [0.15, 0.2) is 4.80 Å². The standard InChI is InChI=1S/C40H33N3O3S/c1-4-46-39(45)35-36(30-16-10-6-11-17-30)41-40-43(37(35)31-18-12-7-13-19-31)38(44)34(47-40)25-32-24-26(2)42(27(32)3)33-22-20-29(21-23-33)28-14-8-5-9-15-28/h5-25,37H,4H2,1-3H3/b34-25-/t37-/m0/s1. The molecule has 2 aromatic heterocycles. The molecule has 0 spiro atoms. The summed E-state index contributed by atoms with van der Waals surface area (Å²) in [6.07, 6.45) is 1.94. The maximum atomic E-state index is 14.3. The first kappa shape index (κ1) is 30.1. The molecule has 0 bridgehead atoms. The molecule has 47 heavy (non-hydrogen) atoms. The number of hydrogen-bond donors (Lipinski definition) is 0. The zero-order chi connectivity index (χ0) is 32.5. The lowest BCUT2D eigenvalue weighted by Gasteiger charge is -2.25. The maximum absolute atomic E-state index is 14.3. The van der Waals surface area contributed by atoms with Gasteiger partial charge in [0.2, 0.25) is 0 Å². The highest BCUT2D eigenvalue weighted by Crippen LogP contribution is 2.35. The topological polar surface area (TPSA) is 65.6 Å². The summed E-state index contributed by atoms with van der Waals surface area (Å²) in [6.45, 7) is 6.13. The lowest BCUT2D eigenvalue weighted by molar-refractivity contribution is -0.138. The van der Waals surface area contributed by atoms with Crippen LogP contribution in [0.15, 0.2) is 137 Å². The number of aryl methyl sites for hydroxylation is 1. The fourth-order valence-corrected chi connectivity index (χ4v) is 7.29. The van der Waals surface area contributed by atoms with Gasteiger partial charge in [-0.15, -0.1) is 0 Å². The van der Waals surface area contributed by atoms with Crippen molar-refractivity contribution in [2.24, 2.45) is 4.99 Å². The van der Waals surface area contributed by atoms with E-state index in [1.54, 1.807) is 11.5 Å². The van der Waals surface area contributed by atoms with Gasteiger partial charge in [-0.3, -0.25) is 9.36 Å². The van der Waals surface area contributed by atoms with Crippen LogP contribution in [0.25, 0.3) is 28.6 Å². The molecule has 3 heterocycles. The van der Waals surface area contributed by atoms with E-state index in [4.69, 9.17) is 9.73 Å². The third-order valence-corrected chi connectivity index (χ3v) is 9.46. The van der Waals surface area contributed by atoms with Crippen LogP contribution in [0.2, 0.25) is 0 Å². The summed E-state index contributed by atoms with van der Waals surface area (Å²) in [6, 6.07) is 39.5. The average Bonchev–Trinajstić information content (AvgIpc) is 3.58. The van der Waals surface area contributed by atoms with Gasteiger partial charge in [0.25, 0.3) is 5.56 Å². The van der Waals surface area contributed by atoms with Crippen LogP contribution in [-0.2, 0) is 9.53 Å². The fraction of sp³-hybridized carbons (Fsp3) is 0.125. The summed E-state index contributed by atoms with van der Waals surface area (Å²) < 4.78 is 9.96. The first-order chi connectivity index (χ1) is 22.9. The number of thiazole rings is 1. The minimum atomic E-state index is -0.695. The molecular weight excluding hydrogens is 603 g/mol. The Hall–Kier alpha value is -5.53. The molecule has 0 saturated heterocycles. The summed E-state index contributed by atoms with van der Waals surface area (Å²) in [5.41, 5.74) is 8.68. The molecule has 0 radical (unpaired) electrons. The number of ether oxygens (including phenoxy) is 1. The Morgan fingerprint density at radius 1 is 0.830 bits per heavy atom. The highest BCUT2D eigenvalue weighted by molar-refractivity contribution is 7.07. The quantitative estimate of drug-likeness (QED) is 0.177. The number of fused-ring (bicyclic) bond motifs is 1. The van der Waals surface area contributed by atoms with E-state index >= 15 is 0 Å². The van der Waals surface area contributed by atoms with Gasteiger partial charge < -0.3 is 9.30 Å². The fourth-order valence-electron chi connectivity index (χ4n) is 6.30. The number of carbonyl (C=O) groups excluding carboxylic acids is 1. The maximum Gasteiger partial charge on any atom is 0.338 e. The predicted molar refractivity (Wildman–Crippen MR) is 188 cm³/mol. The Kier molecular flexibility index (Phi) is 8.14. The molecule has 1 aliphatic rings. The third kappa shape index (κ3) is 5.59. The van der Waals surface area contributed by atoms with E-state index in [9.17, 15) is 9.59 Å². The molecule has 0 N–H and O–H groups in total. The van der Waals surface area contributed by atoms with Gasteiger partial charge in [-0.25, -0.2) is 9.79 Å². The van der Waals surface area contributed by atoms with Crippen molar-refractivity contribution in [3.8, 4) is 16.8 Å². The van der Waals surface area contributed by atoms with Crippen molar-refractivity contribution >= 4 is 29.1 Å². The van der Waals surface area contributed by atoms with Crippen LogP contribution in [-0.4, -0.2) is 21.7 Å². The zero-order valence-corrected chi connectivity index (χ0v) is 27.2. The number of esters is 1. The highest BCUT2D eigenvalue weighted by atomic mass is 32.1. The summed E-state index contributed by atoms with van der Waals surface area (Å²) >= 11 is 1.33. The average molecular weight is 636 g/mol. The van der Waals surface area contributed by atoms with E-state index in [-0.39, 0.29) is 12.2 Å². The van der Waals surface area contributed by atoms with Crippen molar-refractivity contribution < 1.29 is 9.53 Å². The molecule has 1 aliphatic heterocycles. The second-order valence-electron chi connectivity index (χ2n) is 11.4. The van der Waals surface area contributed by atoms with Gasteiger partial charge in [0.05, 0.1) is 28.5 Å². The zero-order valence-electron chi connectivity index (χ0n) is 26.4. The van der Waals surface area contributed by atoms with Crippen LogP contribution in [0, 0.1) is 13.8 Å². The second kappa shape index (κ2) is 12.7. The Morgan fingerprint density at radius 2 is 1.43 bits per heavy atom. The van der Waals surface area contributed by atoms with E-state index in [1.807, 2.05) is 84.9 Å². The van der Waals surface area contributed by atoms with E-state index in [0.717, 1.165) is 39.3 Å². The van der Waals surface area contributed by atoms with Gasteiger partial charge >= 0.3 is 5.97 Å². The molecule has 0 unspecified atom stereocenters. The molecule has 232 valence electrons. The molecule has 1 atom stereocenters. The van der Waals surface area contributed by atoms with E-state index < -0.39 is 12.0 Å². The molecule has 6 nitrogen and oxygen atoms in total. The van der Waals surface area contributed by atoms with E-state index in [2.05, 4.69) is 60.9 Å². The molecule has 7 heteroatoms. The van der Waals surface area contributed by atoms with Gasteiger partial charge in [0, 0.05) is 22.6 Å². The Labute approximate surface area is 276 Å². The largest absolute Gasteiger partial charge is 0.463 e. The van der Waals surface area contributed by atoms with Crippen molar-refractivity contribution in [1.82, 2.24) is 9.13 Å². The van der Waals surface area contributed by atoms with Crippen molar-refractivity contribution in [1.29, 1.82) is 0 Å². The number of nitrogens with zero attached hydrogens (tertiary/aromatic N) is 3. The number of carbonyl (C=O) groups is 1. The van der Waals surface area contributed by atoms with Gasteiger partial charge in [-0.05, 0) is 67.3 Å². The molecule has 0 aliphatic carbocycles. The number of hydrogen-bond acceptors (Lipinski definition) is 5. The smallest absolute Gasteiger partial charge is 0.338 e. The van der Waals surface area contributed by atoms with Crippen molar-refractivity contribution in [3.05, 3.63) is 175 Å². The minimum Gasteiger partial charge on any atom is -0.463 e. The number of aromatic nitrogens is 2. The monoisotopic (exact) mass is 635 g/mol. The van der Waals surface area contributed by atoms with Gasteiger partial charge in [0.1, 0.15) is 0 Å². The molecule has 4 aromatic carbocycles. The third-order valence-electron chi connectivity index (χ3n) is 8.48. The van der Waals surface area contributed by atoms with Crippen molar-refractivity contribution in [2.45, 2.75) is 26.8 Å². The summed E-state index contributed by atoms with van der Waals surface area (Å²) in [7, 11) is 0. The molecular formula is C40H33N3O3S. The van der Waals surface area contributed by atoms with E-state index in [1.165, 1.54) is 16.9 Å². The lowest BCUT2D eigenvalue weighted by Crippen LogP contribution is -2.40. The van der Waals surface area contributed by atoms with Crippen molar-refractivity contribution in [2.75, 3.05) is 6.61 Å². The SMILES string of the molecule is CCOC(=O)C1=C(c2ccccc2)N=c2s/c(=C\c3cc(C)n(-c4ccc(-c5ccccc5)cc4)c3C)c(=O)n2[C@H]1c1ccccc1. The first-order valence-electron chi connectivity index (χ1n) is 15.6. The first-order valence-corrected chi connectivity index (χ1v) is 16.4. The molecule has 0 saturated carbocycles. The Morgan fingerprint density at radius 3 is 2.06 bits per heavy atom.